The third kappa shape index (κ3) is 3.76. The predicted molar refractivity (Wildman–Crippen MR) is 65.0 cm³/mol. The fraction of sp³-hybridized carbons (Fsp3) is 1.00. The molecule has 0 aromatic heterocycles. The van der Waals surface area contributed by atoms with E-state index in [0.29, 0.717) is 12.6 Å². The molecule has 1 rings (SSSR count). The Morgan fingerprint density at radius 2 is 2.13 bits per heavy atom. The summed E-state index contributed by atoms with van der Waals surface area (Å²) in [6.45, 7) is 9.36. The number of nitrogens with zero attached hydrogens (tertiary/aromatic N) is 1. The van der Waals surface area contributed by atoms with E-state index in [4.69, 9.17) is 0 Å². The van der Waals surface area contributed by atoms with Gasteiger partial charge in [0.2, 0.25) is 0 Å². The molecule has 1 aliphatic heterocycles. The highest BCUT2D eigenvalue weighted by atomic mass is 16.3. The lowest BCUT2D eigenvalue weighted by atomic mass is 9.85. The van der Waals surface area contributed by atoms with Gasteiger partial charge >= 0.3 is 0 Å². The van der Waals surface area contributed by atoms with E-state index in [2.05, 4.69) is 25.7 Å². The highest BCUT2D eigenvalue weighted by molar-refractivity contribution is 4.82. The van der Waals surface area contributed by atoms with Crippen LogP contribution in [0, 0.1) is 5.41 Å². The minimum absolute atomic E-state index is 0.111. The number of aliphatic hydroxyl groups excluding tert-OH is 1. The number of likely N-dealkylation sites (tertiary alicyclic amines) is 1. The number of hydrogen-bond acceptors (Lipinski definition) is 2. The Labute approximate surface area is 94.7 Å². The van der Waals surface area contributed by atoms with Gasteiger partial charge in [-0.1, -0.05) is 26.7 Å². The van der Waals surface area contributed by atoms with Gasteiger partial charge in [-0.25, -0.2) is 0 Å². The molecule has 2 unspecified atom stereocenters. The molecule has 90 valence electrons. The smallest absolute Gasteiger partial charge is 0.0497 e. The predicted octanol–water partition coefficient (Wildman–Crippen LogP) is 2.66. The third-order valence-electron chi connectivity index (χ3n) is 3.76. The summed E-state index contributed by atoms with van der Waals surface area (Å²) in [5.41, 5.74) is 0.111. The molecule has 1 aliphatic rings. The highest BCUT2D eigenvalue weighted by Gasteiger charge is 2.28. The zero-order valence-corrected chi connectivity index (χ0v) is 10.6. The molecule has 0 aromatic carbocycles. The molecule has 0 aromatic rings. The van der Waals surface area contributed by atoms with Crippen molar-refractivity contribution in [2.24, 2.45) is 5.41 Å². The van der Waals surface area contributed by atoms with Gasteiger partial charge in [-0.05, 0) is 32.7 Å². The first-order chi connectivity index (χ1) is 7.11. The van der Waals surface area contributed by atoms with Crippen LogP contribution in [0.4, 0.5) is 0 Å². The van der Waals surface area contributed by atoms with E-state index >= 15 is 0 Å². The Balaban J connectivity index is 2.49. The fourth-order valence-electron chi connectivity index (χ4n) is 2.69. The molecule has 1 saturated heterocycles. The summed E-state index contributed by atoms with van der Waals surface area (Å²) in [5.74, 6) is 0. The Morgan fingerprint density at radius 1 is 1.40 bits per heavy atom. The minimum Gasteiger partial charge on any atom is -0.396 e. The Bertz CT molecular complexity index is 183. The third-order valence-corrected chi connectivity index (χ3v) is 3.76. The van der Waals surface area contributed by atoms with Crippen molar-refractivity contribution in [1.29, 1.82) is 0 Å². The van der Waals surface area contributed by atoms with Crippen LogP contribution in [0.15, 0.2) is 0 Å². The van der Waals surface area contributed by atoms with Gasteiger partial charge < -0.3 is 10.0 Å². The topological polar surface area (TPSA) is 23.5 Å². The summed E-state index contributed by atoms with van der Waals surface area (Å²) in [4.78, 5) is 2.56. The molecule has 2 heteroatoms. The van der Waals surface area contributed by atoms with Crippen LogP contribution in [0.3, 0.4) is 0 Å². The molecule has 1 N–H and O–H groups in total. The molecule has 0 bridgehead atoms. The van der Waals surface area contributed by atoms with Crippen LogP contribution in [0.5, 0.6) is 0 Å². The maximum absolute atomic E-state index is 9.51. The lowest BCUT2D eigenvalue weighted by Gasteiger charge is -2.40. The first kappa shape index (κ1) is 13.0. The minimum atomic E-state index is 0.111. The van der Waals surface area contributed by atoms with Gasteiger partial charge in [0.05, 0.1) is 0 Å². The maximum atomic E-state index is 9.51. The van der Waals surface area contributed by atoms with E-state index < -0.39 is 0 Å². The van der Waals surface area contributed by atoms with Crippen molar-refractivity contribution < 1.29 is 5.11 Å². The molecular weight excluding hydrogens is 186 g/mol. The number of aliphatic hydroxyl groups is 1. The SMILES string of the molecule is CCCC(C)(CO)CN1CCCCC1C. The van der Waals surface area contributed by atoms with Crippen molar-refractivity contribution in [3.8, 4) is 0 Å². The first-order valence-corrected chi connectivity index (χ1v) is 6.46. The molecule has 2 atom stereocenters. The lowest BCUT2D eigenvalue weighted by molar-refractivity contribution is 0.0487. The second kappa shape index (κ2) is 5.86. The summed E-state index contributed by atoms with van der Waals surface area (Å²) in [6, 6.07) is 0.710. The summed E-state index contributed by atoms with van der Waals surface area (Å²) in [5, 5.41) is 9.51. The largest absolute Gasteiger partial charge is 0.396 e. The second-order valence-corrected chi connectivity index (χ2v) is 5.53. The molecule has 0 saturated carbocycles. The molecule has 0 amide bonds. The second-order valence-electron chi connectivity index (χ2n) is 5.53. The zero-order chi connectivity index (χ0) is 11.3. The number of piperidine rings is 1. The van der Waals surface area contributed by atoms with Crippen LogP contribution in [-0.2, 0) is 0 Å². The lowest BCUT2D eigenvalue weighted by Crippen LogP contribution is -2.45. The van der Waals surface area contributed by atoms with Crippen LogP contribution in [0.1, 0.15) is 52.9 Å². The Hall–Kier alpha value is -0.0800. The van der Waals surface area contributed by atoms with Gasteiger partial charge in [-0.2, -0.15) is 0 Å². The van der Waals surface area contributed by atoms with Gasteiger partial charge in [-0.3, -0.25) is 0 Å². The van der Waals surface area contributed by atoms with Crippen LogP contribution in [0.2, 0.25) is 0 Å². The average molecular weight is 213 g/mol. The molecule has 0 radical (unpaired) electrons. The number of rotatable bonds is 5. The molecule has 15 heavy (non-hydrogen) atoms. The molecule has 1 heterocycles. The van der Waals surface area contributed by atoms with Gasteiger partial charge in [0.1, 0.15) is 0 Å². The van der Waals surface area contributed by atoms with E-state index in [9.17, 15) is 5.11 Å². The summed E-state index contributed by atoms with van der Waals surface area (Å²) < 4.78 is 0. The van der Waals surface area contributed by atoms with Crippen molar-refractivity contribution in [2.45, 2.75) is 58.9 Å². The van der Waals surface area contributed by atoms with Crippen molar-refractivity contribution in [1.82, 2.24) is 4.90 Å². The summed E-state index contributed by atoms with van der Waals surface area (Å²) in [6.07, 6.45) is 6.33. The molecule has 0 aliphatic carbocycles. The average Bonchev–Trinajstić information content (AvgIpc) is 2.22. The van der Waals surface area contributed by atoms with Crippen LogP contribution in [-0.4, -0.2) is 35.7 Å². The molecule has 0 spiro atoms. The van der Waals surface area contributed by atoms with Crippen molar-refractivity contribution in [3.63, 3.8) is 0 Å². The van der Waals surface area contributed by atoms with Gasteiger partial charge in [-0.15, -0.1) is 0 Å². The standard InChI is InChI=1S/C13H27NO/c1-4-8-13(3,11-15)10-14-9-6-5-7-12(14)2/h12,15H,4-11H2,1-3H3. The van der Waals surface area contributed by atoms with Gasteiger partial charge in [0, 0.05) is 24.6 Å². The molecular formula is C13H27NO. The summed E-state index contributed by atoms with van der Waals surface area (Å²) >= 11 is 0. The van der Waals surface area contributed by atoms with E-state index in [1.807, 2.05) is 0 Å². The van der Waals surface area contributed by atoms with E-state index in [0.717, 1.165) is 13.0 Å². The van der Waals surface area contributed by atoms with Gasteiger partial charge in [0.25, 0.3) is 0 Å². The normalized spacial score (nSPS) is 27.6. The first-order valence-electron chi connectivity index (χ1n) is 6.46. The highest BCUT2D eigenvalue weighted by Crippen LogP contribution is 2.27. The van der Waals surface area contributed by atoms with Crippen LogP contribution < -0.4 is 0 Å². The monoisotopic (exact) mass is 213 g/mol. The molecule has 2 nitrogen and oxygen atoms in total. The number of hydrogen-bond donors (Lipinski definition) is 1. The van der Waals surface area contributed by atoms with Gasteiger partial charge in [0.15, 0.2) is 0 Å². The van der Waals surface area contributed by atoms with E-state index in [1.54, 1.807) is 0 Å². The van der Waals surface area contributed by atoms with Crippen molar-refractivity contribution in [3.05, 3.63) is 0 Å². The summed E-state index contributed by atoms with van der Waals surface area (Å²) in [7, 11) is 0. The Morgan fingerprint density at radius 3 is 2.67 bits per heavy atom. The fourth-order valence-corrected chi connectivity index (χ4v) is 2.69. The van der Waals surface area contributed by atoms with Crippen molar-refractivity contribution >= 4 is 0 Å². The van der Waals surface area contributed by atoms with E-state index in [-0.39, 0.29) is 5.41 Å². The maximum Gasteiger partial charge on any atom is 0.0497 e. The van der Waals surface area contributed by atoms with Crippen molar-refractivity contribution in [2.75, 3.05) is 19.7 Å². The van der Waals surface area contributed by atoms with E-state index in [1.165, 1.54) is 32.2 Å². The van der Waals surface area contributed by atoms with Crippen LogP contribution in [0.25, 0.3) is 0 Å². The van der Waals surface area contributed by atoms with Crippen LogP contribution >= 0.6 is 0 Å². The zero-order valence-electron chi connectivity index (χ0n) is 10.6. The quantitative estimate of drug-likeness (QED) is 0.759. The molecule has 1 fully saturated rings. The Kier molecular flexibility index (Phi) is 5.07.